The van der Waals surface area contributed by atoms with Gasteiger partial charge in [-0.3, -0.25) is 0 Å². The van der Waals surface area contributed by atoms with Gasteiger partial charge in [0.2, 0.25) is 0 Å². The number of hydrogen-bond acceptors (Lipinski definition) is 1. The summed E-state index contributed by atoms with van der Waals surface area (Å²) in [6, 6.07) is 9.48. The topological polar surface area (TPSA) is 9.23 Å². The van der Waals surface area contributed by atoms with Crippen molar-refractivity contribution in [2.75, 3.05) is 0 Å². The molecule has 0 aliphatic rings. The maximum Gasteiger partial charge on any atom is 0.416 e. The quantitative estimate of drug-likeness (QED) is 0.681. The standard InChI is InChI=1S/C13H7Cl2F3O/c14-9-3-1-2-4-11(9)19-12-6-5-8(7-10(12)15)13(16,17)18/h1-7H. The summed E-state index contributed by atoms with van der Waals surface area (Å²) in [6.45, 7) is 0. The van der Waals surface area contributed by atoms with Crippen molar-refractivity contribution in [3.63, 3.8) is 0 Å². The van der Waals surface area contributed by atoms with Gasteiger partial charge in [-0.25, -0.2) is 0 Å². The molecule has 6 heteroatoms. The van der Waals surface area contributed by atoms with Crippen molar-refractivity contribution in [1.82, 2.24) is 0 Å². The lowest BCUT2D eigenvalue weighted by atomic mass is 10.2. The Kier molecular flexibility index (Phi) is 3.92. The molecule has 0 amide bonds. The first-order valence-electron chi connectivity index (χ1n) is 5.17. The molecule has 0 spiro atoms. The second-order valence-electron chi connectivity index (χ2n) is 3.68. The van der Waals surface area contributed by atoms with Crippen LogP contribution >= 0.6 is 23.2 Å². The number of halogens is 5. The van der Waals surface area contributed by atoms with E-state index in [1.54, 1.807) is 24.3 Å². The van der Waals surface area contributed by atoms with E-state index in [-0.39, 0.29) is 10.8 Å². The van der Waals surface area contributed by atoms with Crippen LogP contribution in [0, 0.1) is 0 Å². The van der Waals surface area contributed by atoms with Crippen LogP contribution in [-0.2, 0) is 6.18 Å². The second kappa shape index (κ2) is 5.31. The van der Waals surface area contributed by atoms with Crippen molar-refractivity contribution in [3.8, 4) is 11.5 Å². The van der Waals surface area contributed by atoms with Gasteiger partial charge in [0.15, 0.2) is 0 Å². The molecule has 100 valence electrons. The fourth-order valence-electron chi connectivity index (χ4n) is 1.41. The molecule has 0 fully saturated rings. The Balaban J connectivity index is 2.30. The van der Waals surface area contributed by atoms with Crippen molar-refractivity contribution < 1.29 is 17.9 Å². The Labute approximate surface area is 117 Å². The van der Waals surface area contributed by atoms with E-state index in [4.69, 9.17) is 27.9 Å². The summed E-state index contributed by atoms with van der Waals surface area (Å²) >= 11 is 11.7. The molecular formula is C13H7Cl2F3O. The third-order valence-corrected chi connectivity index (χ3v) is 2.92. The highest BCUT2D eigenvalue weighted by Gasteiger charge is 2.31. The third kappa shape index (κ3) is 3.33. The predicted molar refractivity (Wildman–Crippen MR) is 68.0 cm³/mol. The summed E-state index contributed by atoms with van der Waals surface area (Å²) in [5.74, 6) is 0.439. The van der Waals surface area contributed by atoms with Gasteiger partial charge in [-0.2, -0.15) is 13.2 Å². The highest BCUT2D eigenvalue weighted by Crippen LogP contribution is 2.37. The average molecular weight is 307 g/mol. The number of alkyl halides is 3. The number of hydrogen-bond donors (Lipinski definition) is 0. The minimum atomic E-state index is -4.44. The molecule has 0 N–H and O–H groups in total. The maximum atomic E-state index is 12.5. The molecule has 0 aliphatic heterocycles. The van der Waals surface area contributed by atoms with Crippen LogP contribution in [0.15, 0.2) is 42.5 Å². The summed E-state index contributed by atoms with van der Waals surface area (Å²) in [7, 11) is 0. The van der Waals surface area contributed by atoms with Gasteiger partial charge in [0.25, 0.3) is 0 Å². The lowest BCUT2D eigenvalue weighted by Crippen LogP contribution is -2.04. The van der Waals surface area contributed by atoms with E-state index in [1.165, 1.54) is 0 Å². The summed E-state index contributed by atoms with van der Waals surface area (Å²) in [4.78, 5) is 0. The maximum absolute atomic E-state index is 12.5. The molecule has 0 unspecified atom stereocenters. The highest BCUT2D eigenvalue weighted by atomic mass is 35.5. The van der Waals surface area contributed by atoms with Gasteiger partial charge in [-0.1, -0.05) is 35.3 Å². The molecule has 0 saturated heterocycles. The first kappa shape index (κ1) is 14.0. The van der Waals surface area contributed by atoms with Crippen LogP contribution in [0.25, 0.3) is 0 Å². The summed E-state index contributed by atoms with van der Waals surface area (Å²) in [5, 5.41) is 0.216. The Morgan fingerprint density at radius 1 is 0.842 bits per heavy atom. The smallest absolute Gasteiger partial charge is 0.416 e. The summed E-state index contributed by atoms with van der Waals surface area (Å²) in [6.07, 6.45) is -4.44. The molecule has 0 saturated carbocycles. The van der Waals surface area contributed by atoms with Crippen LogP contribution in [0.1, 0.15) is 5.56 Å². The molecule has 2 aromatic rings. The molecule has 2 aromatic carbocycles. The van der Waals surface area contributed by atoms with Crippen molar-refractivity contribution in [1.29, 1.82) is 0 Å². The molecule has 2 rings (SSSR count). The van der Waals surface area contributed by atoms with Gasteiger partial charge in [-0.05, 0) is 30.3 Å². The van der Waals surface area contributed by atoms with E-state index in [0.29, 0.717) is 10.8 Å². The SMILES string of the molecule is FC(F)(F)c1ccc(Oc2ccccc2Cl)c(Cl)c1. The van der Waals surface area contributed by atoms with E-state index >= 15 is 0 Å². The Hall–Kier alpha value is -1.39. The average Bonchev–Trinajstić information content (AvgIpc) is 2.33. The third-order valence-electron chi connectivity index (χ3n) is 2.32. The zero-order valence-corrected chi connectivity index (χ0v) is 10.9. The van der Waals surface area contributed by atoms with Crippen molar-refractivity contribution in [3.05, 3.63) is 58.1 Å². The molecule has 0 aromatic heterocycles. The van der Waals surface area contributed by atoms with Crippen molar-refractivity contribution in [2.24, 2.45) is 0 Å². The Bertz CT molecular complexity index is 597. The molecule has 0 heterocycles. The lowest BCUT2D eigenvalue weighted by Gasteiger charge is -2.11. The van der Waals surface area contributed by atoms with Gasteiger partial charge in [-0.15, -0.1) is 0 Å². The van der Waals surface area contributed by atoms with E-state index in [0.717, 1.165) is 18.2 Å². The Morgan fingerprint density at radius 2 is 1.47 bits per heavy atom. The summed E-state index contributed by atoms with van der Waals surface area (Å²) in [5.41, 5.74) is -0.830. The van der Waals surface area contributed by atoms with E-state index in [9.17, 15) is 13.2 Å². The van der Waals surface area contributed by atoms with E-state index < -0.39 is 11.7 Å². The molecule has 0 aliphatic carbocycles. The van der Waals surface area contributed by atoms with Crippen LogP contribution in [0.2, 0.25) is 10.0 Å². The zero-order chi connectivity index (χ0) is 14.0. The number of para-hydroxylation sites is 1. The number of benzene rings is 2. The number of ether oxygens (including phenoxy) is 1. The lowest BCUT2D eigenvalue weighted by molar-refractivity contribution is -0.137. The van der Waals surface area contributed by atoms with Crippen LogP contribution in [0.4, 0.5) is 13.2 Å². The summed E-state index contributed by atoms with van der Waals surface area (Å²) < 4.78 is 42.8. The van der Waals surface area contributed by atoms with Crippen LogP contribution in [0.5, 0.6) is 11.5 Å². The Morgan fingerprint density at radius 3 is 2.05 bits per heavy atom. The van der Waals surface area contributed by atoms with Crippen molar-refractivity contribution >= 4 is 23.2 Å². The van der Waals surface area contributed by atoms with Crippen LogP contribution in [-0.4, -0.2) is 0 Å². The second-order valence-corrected chi connectivity index (χ2v) is 4.49. The van der Waals surface area contributed by atoms with Gasteiger partial charge in [0, 0.05) is 0 Å². The van der Waals surface area contributed by atoms with Gasteiger partial charge in [0.05, 0.1) is 15.6 Å². The predicted octanol–water partition coefficient (Wildman–Crippen LogP) is 5.80. The van der Waals surface area contributed by atoms with E-state index in [1.807, 2.05) is 0 Å². The highest BCUT2D eigenvalue weighted by molar-refractivity contribution is 6.32. The fraction of sp³-hybridized carbons (Fsp3) is 0.0769. The molecule has 19 heavy (non-hydrogen) atoms. The largest absolute Gasteiger partial charge is 0.454 e. The molecule has 0 radical (unpaired) electrons. The first-order valence-corrected chi connectivity index (χ1v) is 5.92. The first-order chi connectivity index (χ1) is 8.88. The fourth-order valence-corrected chi connectivity index (χ4v) is 1.80. The molecular weight excluding hydrogens is 300 g/mol. The number of rotatable bonds is 2. The minimum absolute atomic E-state index is 0.114. The zero-order valence-electron chi connectivity index (χ0n) is 9.34. The molecule has 0 bridgehead atoms. The molecule has 1 nitrogen and oxygen atoms in total. The van der Waals surface area contributed by atoms with Gasteiger partial charge in [0.1, 0.15) is 11.5 Å². The van der Waals surface area contributed by atoms with Crippen molar-refractivity contribution in [2.45, 2.75) is 6.18 Å². The molecule has 0 atom stereocenters. The van der Waals surface area contributed by atoms with Gasteiger partial charge < -0.3 is 4.74 Å². The minimum Gasteiger partial charge on any atom is -0.454 e. The van der Waals surface area contributed by atoms with Gasteiger partial charge >= 0.3 is 6.18 Å². The van der Waals surface area contributed by atoms with Crippen LogP contribution < -0.4 is 4.74 Å². The van der Waals surface area contributed by atoms with Crippen LogP contribution in [0.3, 0.4) is 0 Å². The van der Waals surface area contributed by atoms with E-state index in [2.05, 4.69) is 0 Å². The normalized spacial score (nSPS) is 11.4. The monoisotopic (exact) mass is 306 g/mol.